The Hall–Kier alpha value is -0.850. The molecule has 1 aromatic carbocycles. The predicted octanol–water partition coefficient (Wildman–Crippen LogP) is 2.47. The zero-order valence-electron chi connectivity index (χ0n) is 10.4. The lowest BCUT2D eigenvalue weighted by atomic mass is 10.2. The Bertz CT molecular complexity index is 367. The monoisotopic (exact) mass is 351 g/mol. The van der Waals surface area contributed by atoms with Crippen molar-refractivity contribution in [2.75, 3.05) is 20.6 Å². The van der Waals surface area contributed by atoms with E-state index in [2.05, 4.69) is 10.3 Å². The van der Waals surface area contributed by atoms with E-state index in [1.807, 2.05) is 32.0 Å². The number of halogens is 2. The van der Waals surface area contributed by atoms with Gasteiger partial charge >= 0.3 is 0 Å². The molecule has 0 saturated heterocycles. The van der Waals surface area contributed by atoms with Crippen LogP contribution in [0.2, 0.25) is 0 Å². The van der Waals surface area contributed by atoms with Gasteiger partial charge in [0.1, 0.15) is 5.82 Å². The summed E-state index contributed by atoms with van der Waals surface area (Å²) >= 11 is 0. The van der Waals surface area contributed by atoms with Crippen LogP contribution in [0.25, 0.3) is 0 Å². The number of hydrogen-bond donors (Lipinski definition) is 1. The second-order valence-corrected chi connectivity index (χ2v) is 3.69. The summed E-state index contributed by atoms with van der Waals surface area (Å²) in [5, 5.41) is 3.15. The minimum atomic E-state index is -0.220. The lowest BCUT2D eigenvalue weighted by molar-refractivity contribution is 0.583. The van der Waals surface area contributed by atoms with Gasteiger partial charge in [0, 0.05) is 20.6 Å². The lowest BCUT2D eigenvalue weighted by Crippen LogP contribution is -2.36. The van der Waals surface area contributed by atoms with Crippen LogP contribution in [0, 0.1) is 5.82 Å². The third-order valence-electron chi connectivity index (χ3n) is 2.06. The molecule has 0 fully saturated rings. The highest BCUT2D eigenvalue weighted by Crippen LogP contribution is 2.04. The van der Waals surface area contributed by atoms with E-state index in [1.54, 1.807) is 6.07 Å². The van der Waals surface area contributed by atoms with Gasteiger partial charge in [-0.25, -0.2) is 9.38 Å². The normalized spacial score (nSPS) is 10.7. The molecule has 0 aliphatic carbocycles. The molecular weight excluding hydrogens is 332 g/mol. The molecule has 0 heterocycles. The van der Waals surface area contributed by atoms with E-state index in [0.29, 0.717) is 6.54 Å². The van der Waals surface area contributed by atoms with Crippen molar-refractivity contribution in [2.24, 2.45) is 4.99 Å². The molecule has 0 saturated carbocycles. The third kappa shape index (κ3) is 5.86. The van der Waals surface area contributed by atoms with E-state index in [4.69, 9.17) is 0 Å². The molecule has 1 N–H and O–H groups in total. The van der Waals surface area contributed by atoms with Crippen LogP contribution in [0.5, 0.6) is 0 Å². The maximum atomic E-state index is 12.9. The van der Waals surface area contributed by atoms with Crippen molar-refractivity contribution in [2.45, 2.75) is 13.5 Å². The first kappa shape index (κ1) is 16.1. The first-order chi connectivity index (χ1) is 7.63. The Morgan fingerprint density at radius 3 is 2.65 bits per heavy atom. The highest BCUT2D eigenvalue weighted by Gasteiger charge is 1.99. The molecule has 0 aliphatic heterocycles. The van der Waals surface area contributed by atoms with Crippen molar-refractivity contribution in [3.63, 3.8) is 0 Å². The first-order valence-corrected chi connectivity index (χ1v) is 5.33. The maximum absolute atomic E-state index is 12.9. The summed E-state index contributed by atoms with van der Waals surface area (Å²) in [6.45, 7) is 3.32. The van der Waals surface area contributed by atoms with Gasteiger partial charge in [0.2, 0.25) is 0 Å². The van der Waals surface area contributed by atoms with Crippen LogP contribution in [-0.4, -0.2) is 31.5 Å². The highest BCUT2D eigenvalue weighted by molar-refractivity contribution is 14.0. The Balaban J connectivity index is 0.00000256. The molecule has 0 amide bonds. The fraction of sp³-hybridized carbons (Fsp3) is 0.417. The molecule has 0 bridgehead atoms. The van der Waals surface area contributed by atoms with Crippen LogP contribution in [-0.2, 0) is 6.54 Å². The van der Waals surface area contributed by atoms with Crippen molar-refractivity contribution < 1.29 is 4.39 Å². The molecule has 0 aromatic heterocycles. The van der Waals surface area contributed by atoms with Gasteiger partial charge < -0.3 is 10.2 Å². The smallest absolute Gasteiger partial charge is 0.193 e. The summed E-state index contributed by atoms with van der Waals surface area (Å²) in [6.07, 6.45) is 0. The van der Waals surface area contributed by atoms with Gasteiger partial charge in [-0.3, -0.25) is 0 Å². The van der Waals surface area contributed by atoms with Gasteiger partial charge in [0.05, 0.1) is 6.54 Å². The molecule has 3 nitrogen and oxygen atoms in total. The quantitative estimate of drug-likeness (QED) is 0.515. The summed E-state index contributed by atoms with van der Waals surface area (Å²) in [5.41, 5.74) is 0.872. The zero-order valence-corrected chi connectivity index (χ0v) is 12.7. The second-order valence-electron chi connectivity index (χ2n) is 3.69. The number of nitrogens with one attached hydrogen (secondary N) is 1. The maximum Gasteiger partial charge on any atom is 0.193 e. The Labute approximate surface area is 119 Å². The van der Waals surface area contributed by atoms with E-state index in [-0.39, 0.29) is 29.8 Å². The van der Waals surface area contributed by atoms with Crippen LogP contribution in [0.3, 0.4) is 0 Å². The van der Waals surface area contributed by atoms with Crippen LogP contribution >= 0.6 is 24.0 Å². The van der Waals surface area contributed by atoms with E-state index in [0.717, 1.165) is 18.1 Å². The molecule has 0 spiro atoms. The molecule has 0 aliphatic rings. The number of benzene rings is 1. The van der Waals surface area contributed by atoms with Crippen molar-refractivity contribution in [1.29, 1.82) is 0 Å². The fourth-order valence-corrected chi connectivity index (χ4v) is 1.32. The van der Waals surface area contributed by atoms with Crippen LogP contribution < -0.4 is 5.32 Å². The van der Waals surface area contributed by atoms with Crippen molar-refractivity contribution in [3.8, 4) is 0 Å². The largest absolute Gasteiger partial charge is 0.357 e. The molecule has 17 heavy (non-hydrogen) atoms. The summed E-state index contributed by atoms with van der Waals surface area (Å²) < 4.78 is 12.9. The lowest BCUT2D eigenvalue weighted by Gasteiger charge is -2.16. The fourth-order valence-electron chi connectivity index (χ4n) is 1.32. The van der Waals surface area contributed by atoms with E-state index in [1.165, 1.54) is 12.1 Å². The summed E-state index contributed by atoms with van der Waals surface area (Å²) in [4.78, 5) is 6.29. The van der Waals surface area contributed by atoms with E-state index in [9.17, 15) is 4.39 Å². The van der Waals surface area contributed by atoms with E-state index < -0.39 is 0 Å². The molecule has 96 valence electrons. The molecule has 0 unspecified atom stereocenters. The molecule has 1 aromatic rings. The number of aliphatic imine (C=N–C) groups is 1. The van der Waals surface area contributed by atoms with E-state index >= 15 is 0 Å². The third-order valence-corrected chi connectivity index (χ3v) is 2.06. The molecular formula is C12H19FIN3. The summed E-state index contributed by atoms with van der Waals surface area (Å²) in [7, 11) is 3.85. The van der Waals surface area contributed by atoms with Gasteiger partial charge in [0.15, 0.2) is 5.96 Å². The minimum absolute atomic E-state index is 0. The Morgan fingerprint density at radius 2 is 2.12 bits per heavy atom. The van der Waals surface area contributed by atoms with Crippen LogP contribution in [0.4, 0.5) is 4.39 Å². The molecule has 5 heteroatoms. The number of rotatable bonds is 3. The van der Waals surface area contributed by atoms with Crippen molar-refractivity contribution >= 4 is 29.9 Å². The minimum Gasteiger partial charge on any atom is -0.357 e. The van der Waals surface area contributed by atoms with Crippen LogP contribution in [0.15, 0.2) is 29.3 Å². The number of guanidine groups is 1. The van der Waals surface area contributed by atoms with Gasteiger partial charge in [-0.1, -0.05) is 12.1 Å². The SMILES string of the molecule is CCNC(=NCc1cccc(F)c1)N(C)C.I. The number of nitrogens with zero attached hydrogens (tertiary/aromatic N) is 2. The highest BCUT2D eigenvalue weighted by atomic mass is 127. The van der Waals surface area contributed by atoms with Gasteiger partial charge in [-0.05, 0) is 24.6 Å². The second kappa shape index (κ2) is 8.27. The topological polar surface area (TPSA) is 27.6 Å². The Kier molecular flexibility index (Phi) is 7.86. The van der Waals surface area contributed by atoms with Crippen LogP contribution in [0.1, 0.15) is 12.5 Å². The first-order valence-electron chi connectivity index (χ1n) is 5.33. The average Bonchev–Trinajstić information content (AvgIpc) is 2.24. The van der Waals surface area contributed by atoms with Gasteiger partial charge in [-0.15, -0.1) is 24.0 Å². The van der Waals surface area contributed by atoms with Crippen molar-refractivity contribution in [1.82, 2.24) is 10.2 Å². The number of hydrogen-bond acceptors (Lipinski definition) is 1. The van der Waals surface area contributed by atoms with Gasteiger partial charge in [0.25, 0.3) is 0 Å². The summed E-state index contributed by atoms with van der Waals surface area (Å²) in [6, 6.07) is 6.50. The standard InChI is InChI=1S/C12H18FN3.HI/c1-4-14-12(16(2)3)15-9-10-6-5-7-11(13)8-10;/h5-8H,4,9H2,1-3H3,(H,14,15);1H. The zero-order chi connectivity index (χ0) is 12.0. The predicted molar refractivity (Wildman–Crippen MR) is 80.3 cm³/mol. The molecule has 1 rings (SSSR count). The molecule has 0 radical (unpaired) electrons. The summed E-state index contributed by atoms with van der Waals surface area (Å²) in [5.74, 6) is 0.592. The molecule has 0 atom stereocenters. The van der Waals surface area contributed by atoms with Gasteiger partial charge in [-0.2, -0.15) is 0 Å². The van der Waals surface area contributed by atoms with Crippen molar-refractivity contribution in [3.05, 3.63) is 35.6 Å². The average molecular weight is 351 g/mol. The Morgan fingerprint density at radius 1 is 1.41 bits per heavy atom.